The van der Waals surface area contributed by atoms with Gasteiger partial charge in [-0.15, -0.1) is 0 Å². The average molecular weight is 491 g/mol. The van der Waals surface area contributed by atoms with Gasteiger partial charge in [0.05, 0.1) is 32.1 Å². The van der Waals surface area contributed by atoms with Crippen LogP contribution in [0.15, 0.2) is 52.7 Å². The molecule has 0 spiro atoms. The van der Waals surface area contributed by atoms with Crippen LogP contribution in [0.25, 0.3) is 0 Å². The van der Waals surface area contributed by atoms with E-state index in [1.165, 1.54) is 14.2 Å². The Hall–Kier alpha value is -3.86. The van der Waals surface area contributed by atoms with Gasteiger partial charge in [-0.2, -0.15) is 4.99 Å². The SMILES string of the molecule is COCC1=C(C(=O)OC)C(c2cc(F)c(F)c(F)c2)N(C(=O)NCc2ccccc2C)C(OC)=N1. The van der Waals surface area contributed by atoms with Crippen molar-refractivity contribution in [2.75, 3.05) is 27.9 Å². The number of hydrogen-bond donors (Lipinski definition) is 1. The number of amidine groups is 1. The molecule has 3 rings (SSSR count). The maximum absolute atomic E-state index is 14.2. The second-order valence-electron chi connectivity index (χ2n) is 7.54. The fraction of sp³-hybridized carbons (Fsp3) is 0.292. The fourth-order valence-corrected chi connectivity index (χ4v) is 3.67. The number of ether oxygens (including phenoxy) is 3. The first-order chi connectivity index (χ1) is 16.7. The van der Waals surface area contributed by atoms with Crippen molar-refractivity contribution in [1.82, 2.24) is 10.2 Å². The lowest BCUT2D eigenvalue weighted by Gasteiger charge is -2.36. The highest BCUT2D eigenvalue weighted by molar-refractivity contribution is 6.00. The molecule has 1 atom stereocenters. The van der Waals surface area contributed by atoms with E-state index < -0.39 is 35.5 Å². The molecule has 8 nitrogen and oxygen atoms in total. The molecule has 1 aliphatic heterocycles. The van der Waals surface area contributed by atoms with Gasteiger partial charge in [0.1, 0.15) is 6.04 Å². The Kier molecular flexibility index (Phi) is 8.13. The van der Waals surface area contributed by atoms with Gasteiger partial charge >= 0.3 is 18.0 Å². The second-order valence-corrected chi connectivity index (χ2v) is 7.54. The van der Waals surface area contributed by atoms with Gasteiger partial charge in [0.2, 0.25) is 0 Å². The van der Waals surface area contributed by atoms with Crippen molar-refractivity contribution in [2.24, 2.45) is 4.99 Å². The minimum absolute atomic E-state index is 0.00861. The summed E-state index contributed by atoms with van der Waals surface area (Å²) in [5.41, 5.74) is 1.27. The summed E-state index contributed by atoms with van der Waals surface area (Å²) in [5, 5.41) is 2.70. The maximum atomic E-state index is 14.2. The Labute approximate surface area is 200 Å². The number of aliphatic imine (C=N–C) groups is 1. The van der Waals surface area contributed by atoms with Gasteiger partial charge in [0, 0.05) is 13.7 Å². The van der Waals surface area contributed by atoms with Crippen LogP contribution in [0.5, 0.6) is 0 Å². The van der Waals surface area contributed by atoms with Crippen molar-refractivity contribution in [3.05, 3.63) is 81.8 Å². The van der Waals surface area contributed by atoms with Crippen LogP contribution in [0.2, 0.25) is 0 Å². The van der Waals surface area contributed by atoms with E-state index in [1.807, 2.05) is 25.1 Å². The number of hydrogen-bond acceptors (Lipinski definition) is 6. The summed E-state index contributed by atoms with van der Waals surface area (Å²) in [6.45, 7) is 1.76. The fourth-order valence-electron chi connectivity index (χ4n) is 3.67. The monoisotopic (exact) mass is 491 g/mol. The first-order valence-corrected chi connectivity index (χ1v) is 10.4. The standard InChI is InChI=1S/C24H24F3N3O5/c1-13-7-5-6-8-14(13)11-28-23(32)30-21(15-9-16(25)20(27)17(26)10-15)19(22(31)34-3)18(12-33-2)29-24(30)35-4/h5-10,21H,11-12H2,1-4H3,(H,28,32). The number of carbonyl (C=O) groups is 2. The highest BCUT2D eigenvalue weighted by Crippen LogP contribution is 2.37. The zero-order valence-electron chi connectivity index (χ0n) is 19.5. The molecule has 0 saturated heterocycles. The minimum atomic E-state index is -1.69. The van der Waals surface area contributed by atoms with E-state index in [9.17, 15) is 22.8 Å². The topological polar surface area (TPSA) is 89.5 Å². The van der Waals surface area contributed by atoms with E-state index in [0.717, 1.165) is 23.1 Å². The Morgan fingerprint density at radius 3 is 2.31 bits per heavy atom. The molecular weight excluding hydrogens is 467 g/mol. The van der Waals surface area contributed by atoms with Crippen LogP contribution in [-0.2, 0) is 25.5 Å². The second kappa shape index (κ2) is 11.0. The zero-order valence-corrected chi connectivity index (χ0v) is 19.5. The van der Waals surface area contributed by atoms with Crippen LogP contribution in [0.1, 0.15) is 22.7 Å². The molecule has 0 bridgehead atoms. The van der Waals surface area contributed by atoms with E-state index in [1.54, 1.807) is 6.07 Å². The molecule has 2 amide bonds. The minimum Gasteiger partial charge on any atom is -0.468 e. The highest BCUT2D eigenvalue weighted by atomic mass is 19.2. The largest absolute Gasteiger partial charge is 0.468 e. The summed E-state index contributed by atoms with van der Waals surface area (Å²) in [6, 6.07) is 6.18. The number of methoxy groups -OCH3 is 3. The molecule has 1 heterocycles. The predicted molar refractivity (Wildman–Crippen MR) is 120 cm³/mol. The molecule has 0 radical (unpaired) electrons. The van der Waals surface area contributed by atoms with Gasteiger partial charge < -0.3 is 19.5 Å². The zero-order chi connectivity index (χ0) is 25.7. The third-order valence-electron chi connectivity index (χ3n) is 5.38. The van der Waals surface area contributed by atoms with E-state index in [4.69, 9.17) is 14.2 Å². The molecular formula is C24H24F3N3O5. The Bertz CT molecular complexity index is 1180. The number of aryl methyl sites for hydroxylation is 1. The molecule has 2 aromatic rings. The summed E-state index contributed by atoms with van der Waals surface area (Å²) in [6.07, 6.45) is 0. The first kappa shape index (κ1) is 25.8. The number of nitrogens with zero attached hydrogens (tertiary/aromatic N) is 2. The van der Waals surface area contributed by atoms with Crippen LogP contribution in [0.3, 0.4) is 0 Å². The van der Waals surface area contributed by atoms with E-state index in [2.05, 4.69) is 10.3 Å². The van der Waals surface area contributed by atoms with E-state index in [-0.39, 0.29) is 36.0 Å². The lowest BCUT2D eigenvalue weighted by Crippen LogP contribution is -2.49. The molecule has 186 valence electrons. The molecule has 0 saturated carbocycles. The van der Waals surface area contributed by atoms with Crippen LogP contribution in [0, 0.1) is 24.4 Å². The van der Waals surface area contributed by atoms with Gasteiger partial charge in [0.15, 0.2) is 17.5 Å². The number of benzene rings is 2. The number of nitrogens with one attached hydrogen (secondary N) is 1. The molecule has 1 N–H and O–H groups in total. The predicted octanol–water partition coefficient (Wildman–Crippen LogP) is 3.75. The summed E-state index contributed by atoms with van der Waals surface area (Å²) >= 11 is 0. The smallest absolute Gasteiger partial charge is 0.338 e. The highest BCUT2D eigenvalue weighted by Gasteiger charge is 2.42. The summed E-state index contributed by atoms with van der Waals surface area (Å²) in [4.78, 5) is 31.3. The number of amides is 2. The number of carbonyl (C=O) groups excluding carboxylic acids is 2. The maximum Gasteiger partial charge on any atom is 0.338 e. The molecule has 1 aliphatic rings. The van der Waals surface area contributed by atoms with Crippen molar-refractivity contribution < 1.29 is 37.0 Å². The van der Waals surface area contributed by atoms with E-state index >= 15 is 0 Å². The molecule has 0 fully saturated rings. The van der Waals surface area contributed by atoms with Crippen LogP contribution < -0.4 is 5.32 Å². The molecule has 0 aliphatic carbocycles. The first-order valence-electron chi connectivity index (χ1n) is 10.4. The summed E-state index contributed by atoms with van der Waals surface area (Å²) in [7, 11) is 3.68. The molecule has 0 aromatic heterocycles. The van der Waals surface area contributed by atoms with Crippen LogP contribution in [0.4, 0.5) is 18.0 Å². The third kappa shape index (κ3) is 5.29. The van der Waals surface area contributed by atoms with Gasteiger partial charge in [-0.3, -0.25) is 0 Å². The molecule has 1 unspecified atom stereocenters. The Balaban J connectivity index is 2.15. The normalized spacial score (nSPS) is 15.6. The summed E-state index contributed by atoms with van der Waals surface area (Å²) < 4.78 is 57.4. The third-order valence-corrected chi connectivity index (χ3v) is 5.38. The van der Waals surface area contributed by atoms with Gasteiger partial charge in [0.25, 0.3) is 0 Å². The number of rotatable bonds is 6. The van der Waals surface area contributed by atoms with Gasteiger partial charge in [-0.1, -0.05) is 24.3 Å². The molecule has 35 heavy (non-hydrogen) atoms. The lowest BCUT2D eigenvalue weighted by molar-refractivity contribution is -0.136. The average Bonchev–Trinajstić information content (AvgIpc) is 2.85. The van der Waals surface area contributed by atoms with Crippen molar-refractivity contribution in [3.8, 4) is 0 Å². The van der Waals surface area contributed by atoms with Crippen LogP contribution >= 0.6 is 0 Å². The van der Waals surface area contributed by atoms with Crippen molar-refractivity contribution >= 4 is 18.0 Å². The number of halogens is 3. The van der Waals surface area contributed by atoms with Crippen LogP contribution in [-0.4, -0.2) is 50.9 Å². The van der Waals surface area contributed by atoms with Crippen molar-refractivity contribution in [2.45, 2.75) is 19.5 Å². The Morgan fingerprint density at radius 1 is 1.09 bits per heavy atom. The number of esters is 1. The Morgan fingerprint density at radius 2 is 1.74 bits per heavy atom. The molecule has 11 heteroatoms. The summed E-state index contributed by atoms with van der Waals surface area (Å²) in [5.74, 6) is -5.62. The molecule has 2 aromatic carbocycles. The number of urea groups is 1. The quantitative estimate of drug-likeness (QED) is 0.491. The van der Waals surface area contributed by atoms with E-state index in [0.29, 0.717) is 12.1 Å². The van der Waals surface area contributed by atoms with Gasteiger partial charge in [-0.25, -0.2) is 27.7 Å². The van der Waals surface area contributed by atoms with Gasteiger partial charge in [-0.05, 0) is 35.7 Å². The lowest BCUT2D eigenvalue weighted by atomic mass is 9.94. The van der Waals surface area contributed by atoms with Crippen molar-refractivity contribution in [1.29, 1.82) is 0 Å². The van der Waals surface area contributed by atoms with Crippen molar-refractivity contribution in [3.63, 3.8) is 0 Å².